The minimum atomic E-state index is -1.11. The molecule has 6 heteroatoms. The molecule has 0 rings (SSSR count). The summed E-state index contributed by atoms with van der Waals surface area (Å²) in [5.74, 6) is -2.40. The lowest BCUT2D eigenvalue weighted by molar-refractivity contribution is -0.142. The van der Waals surface area contributed by atoms with Gasteiger partial charge in [0, 0.05) is 0 Å². The molecule has 6 nitrogen and oxygen atoms in total. The second kappa shape index (κ2) is 6.00. The van der Waals surface area contributed by atoms with Gasteiger partial charge in [0.05, 0.1) is 0 Å². The summed E-state index contributed by atoms with van der Waals surface area (Å²) in [5, 5.41) is 11.0. The first-order valence-electron chi connectivity index (χ1n) is 4.63. The molecule has 0 aliphatic rings. The maximum Gasteiger partial charge on any atom is 0.326 e. The average molecular weight is 216 g/mol. The summed E-state index contributed by atoms with van der Waals surface area (Å²) in [7, 11) is 0. The third-order valence-corrected chi connectivity index (χ3v) is 1.68. The van der Waals surface area contributed by atoms with Crippen molar-refractivity contribution in [2.75, 3.05) is 0 Å². The Morgan fingerprint density at radius 2 is 1.87 bits per heavy atom. The summed E-state index contributed by atoms with van der Waals surface area (Å²) in [6.07, 6.45) is -0.165. The molecule has 0 aromatic carbocycles. The number of nitrogens with one attached hydrogen (secondary N) is 1. The molecule has 0 aromatic rings. The van der Waals surface area contributed by atoms with Crippen molar-refractivity contribution in [1.29, 1.82) is 0 Å². The predicted octanol–water partition coefficient (Wildman–Crippen LogP) is -0.523. The van der Waals surface area contributed by atoms with Crippen LogP contribution < -0.4 is 11.1 Å². The van der Waals surface area contributed by atoms with Gasteiger partial charge in [0.25, 0.3) is 0 Å². The fraction of sp³-hybridized carbons (Fsp3) is 0.667. The molecule has 15 heavy (non-hydrogen) atoms. The van der Waals surface area contributed by atoms with Gasteiger partial charge in [0.2, 0.25) is 11.8 Å². The maximum atomic E-state index is 11.1. The molecule has 86 valence electrons. The normalized spacial score (nSPS) is 12.2. The Labute approximate surface area is 87.8 Å². The highest BCUT2D eigenvalue weighted by molar-refractivity contribution is 5.97. The second-order valence-corrected chi connectivity index (χ2v) is 3.73. The zero-order chi connectivity index (χ0) is 12.0. The Bertz CT molecular complexity index is 263. The van der Waals surface area contributed by atoms with E-state index in [-0.39, 0.29) is 5.92 Å². The largest absolute Gasteiger partial charge is 0.480 e. The zero-order valence-corrected chi connectivity index (χ0v) is 8.82. The van der Waals surface area contributed by atoms with Crippen LogP contribution in [0.15, 0.2) is 0 Å². The highest BCUT2D eigenvalue weighted by Gasteiger charge is 2.21. The van der Waals surface area contributed by atoms with E-state index >= 15 is 0 Å². The molecular weight excluding hydrogens is 200 g/mol. The molecule has 1 unspecified atom stereocenters. The summed E-state index contributed by atoms with van der Waals surface area (Å²) in [5.41, 5.74) is 4.80. The number of amides is 2. The first-order valence-corrected chi connectivity index (χ1v) is 4.63. The van der Waals surface area contributed by atoms with Gasteiger partial charge in [-0.25, -0.2) is 4.79 Å². The Hall–Kier alpha value is -1.59. The van der Waals surface area contributed by atoms with Gasteiger partial charge in [-0.15, -0.1) is 0 Å². The van der Waals surface area contributed by atoms with Crippen molar-refractivity contribution in [3.05, 3.63) is 0 Å². The van der Waals surface area contributed by atoms with Gasteiger partial charge >= 0.3 is 5.97 Å². The van der Waals surface area contributed by atoms with Crippen LogP contribution in [0.2, 0.25) is 0 Å². The number of aliphatic carboxylic acids is 1. The SMILES string of the molecule is CC(C)CC(NC(=O)CC(N)=O)C(=O)O. The van der Waals surface area contributed by atoms with Gasteiger partial charge in [0.15, 0.2) is 0 Å². The van der Waals surface area contributed by atoms with E-state index in [1.165, 1.54) is 0 Å². The fourth-order valence-electron chi connectivity index (χ4n) is 1.10. The Morgan fingerprint density at radius 1 is 1.33 bits per heavy atom. The lowest BCUT2D eigenvalue weighted by Gasteiger charge is -2.15. The lowest BCUT2D eigenvalue weighted by atomic mass is 10.0. The number of primary amides is 1. The van der Waals surface area contributed by atoms with Crippen molar-refractivity contribution >= 4 is 17.8 Å². The van der Waals surface area contributed by atoms with Gasteiger partial charge in [-0.05, 0) is 12.3 Å². The molecule has 0 radical (unpaired) electrons. The van der Waals surface area contributed by atoms with Crippen molar-refractivity contribution in [3.8, 4) is 0 Å². The number of hydrogen-bond donors (Lipinski definition) is 3. The van der Waals surface area contributed by atoms with E-state index in [1.54, 1.807) is 0 Å². The minimum absolute atomic E-state index is 0.139. The van der Waals surface area contributed by atoms with Crippen LogP contribution in [0.4, 0.5) is 0 Å². The smallest absolute Gasteiger partial charge is 0.326 e. The fourth-order valence-corrected chi connectivity index (χ4v) is 1.10. The number of hydrogen-bond acceptors (Lipinski definition) is 3. The summed E-state index contributed by atoms with van der Waals surface area (Å²) in [4.78, 5) is 32.2. The number of carboxylic acids is 1. The molecular formula is C9H16N2O4. The van der Waals surface area contributed by atoms with Crippen molar-refractivity contribution in [2.24, 2.45) is 11.7 Å². The van der Waals surface area contributed by atoms with Crippen LogP contribution in [-0.4, -0.2) is 28.9 Å². The van der Waals surface area contributed by atoms with Crippen molar-refractivity contribution in [1.82, 2.24) is 5.32 Å². The van der Waals surface area contributed by atoms with E-state index in [0.717, 1.165) is 0 Å². The quantitative estimate of drug-likeness (QED) is 0.519. The average Bonchev–Trinajstić information content (AvgIpc) is 1.99. The molecule has 0 fully saturated rings. The molecule has 0 spiro atoms. The van der Waals surface area contributed by atoms with E-state index in [0.29, 0.717) is 6.42 Å². The summed E-state index contributed by atoms with van der Waals surface area (Å²) >= 11 is 0. The van der Waals surface area contributed by atoms with Crippen LogP contribution in [0.1, 0.15) is 26.7 Å². The molecule has 0 aliphatic heterocycles. The number of carbonyl (C=O) groups excluding carboxylic acids is 2. The van der Waals surface area contributed by atoms with Crippen LogP contribution in [0.5, 0.6) is 0 Å². The molecule has 2 amide bonds. The molecule has 0 aromatic heterocycles. The lowest BCUT2D eigenvalue weighted by Crippen LogP contribution is -2.42. The number of rotatable bonds is 6. The molecule has 0 bridgehead atoms. The van der Waals surface area contributed by atoms with Gasteiger partial charge in [-0.1, -0.05) is 13.8 Å². The third kappa shape index (κ3) is 6.48. The number of carboxylic acid groups (broad SMARTS) is 1. The van der Waals surface area contributed by atoms with Gasteiger partial charge < -0.3 is 16.2 Å². The van der Waals surface area contributed by atoms with Crippen LogP contribution in [-0.2, 0) is 14.4 Å². The van der Waals surface area contributed by atoms with Gasteiger partial charge in [-0.3, -0.25) is 9.59 Å². The second-order valence-electron chi connectivity index (χ2n) is 3.73. The van der Waals surface area contributed by atoms with E-state index in [9.17, 15) is 14.4 Å². The monoisotopic (exact) mass is 216 g/mol. The minimum Gasteiger partial charge on any atom is -0.480 e. The summed E-state index contributed by atoms with van der Waals surface area (Å²) < 4.78 is 0. The first kappa shape index (κ1) is 13.4. The van der Waals surface area contributed by atoms with E-state index < -0.39 is 30.2 Å². The standard InChI is InChI=1S/C9H16N2O4/c1-5(2)3-6(9(14)15)11-8(13)4-7(10)12/h5-6H,3-4H2,1-2H3,(H2,10,12)(H,11,13)(H,14,15). The molecule has 0 saturated carbocycles. The Morgan fingerprint density at radius 3 is 2.20 bits per heavy atom. The third-order valence-electron chi connectivity index (χ3n) is 1.68. The van der Waals surface area contributed by atoms with Crippen molar-refractivity contribution < 1.29 is 19.5 Å². The van der Waals surface area contributed by atoms with Crippen LogP contribution >= 0.6 is 0 Å². The number of carbonyl (C=O) groups is 3. The van der Waals surface area contributed by atoms with E-state index in [2.05, 4.69) is 5.32 Å². The highest BCUT2D eigenvalue weighted by atomic mass is 16.4. The predicted molar refractivity (Wildman–Crippen MR) is 52.8 cm³/mol. The van der Waals surface area contributed by atoms with Crippen LogP contribution in [0, 0.1) is 5.92 Å². The van der Waals surface area contributed by atoms with Crippen LogP contribution in [0.25, 0.3) is 0 Å². The van der Waals surface area contributed by atoms with Crippen molar-refractivity contribution in [2.45, 2.75) is 32.7 Å². The Balaban J connectivity index is 4.22. The zero-order valence-electron chi connectivity index (χ0n) is 8.82. The summed E-state index contributed by atoms with van der Waals surface area (Å²) in [6, 6.07) is -0.961. The first-order chi connectivity index (χ1) is 6.82. The Kier molecular flexibility index (Phi) is 5.36. The van der Waals surface area contributed by atoms with E-state index in [4.69, 9.17) is 10.8 Å². The molecule has 4 N–H and O–H groups in total. The molecule has 1 atom stereocenters. The number of nitrogens with two attached hydrogens (primary N) is 1. The highest BCUT2D eigenvalue weighted by Crippen LogP contribution is 2.04. The molecule has 0 aliphatic carbocycles. The van der Waals surface area contributed by atoms with Gasteiger partial charge in [0.1, 0.15) is 12.5 Å². The van der Waals surface area contributed by atoms with E-state index in [1.807, 2.05) is 13.8 Å². The van der Waals surface area contributed by atoms with Crippen LogP contribution in [0.3, 0.4) is 0 Å². The molecule has 0 saturated heterocycles. The van der Waals surface area contributed by atoms with Crippen molar-refractivity contribution in [3.63, 3.8) is 0 Å². The molecule has 0 heterocycles. The summed E-state index contributed by atoms with van der Waals surface area (Å²) in [6.45, 7) is 3.69. The van der Waals surface area contributed by atoms with Gasteiger partial charge in [-0.2, -0.15) is 0 Å². The maximum absolute atomic E-state index is 11.1. The topological polar surface area (TPSA) is 109 Å².